The summed E-state index contributed by atoms with van der Waals surface area (Å²) in [4.78, 5) is 28.9. The monoisotopic (exact) mass is 441 g/mol. The highest BCUT2D eigenvalue weighted by Gasteiger charge is 2.43. The summed E-state index contributed by atoms with van der Waals surface area (Å²) in [6, 6.07) is 21.7. The van der Waals surface area contributed by atoms with Gasteiger partial charge in [0.15, 0.2) is 5.43 Å². The van der Waals surface area contributed by atoms with E-state index in [1.807, 2.05) is 36.4 Å². The minimum absolute atomic E-state index is 0.0848. The van der Waals surface area contributed by atoms with Gasteiger partial charge in [0, 0.05) is 12.1 Å². The molecule has 1 aliphatic heterocycles. The molecule has 0 saturated carbocycles. The Kier molecular flexibility index (Phi) is 5.34. The number of rotatable bonds is 6. The molecule has 0 aliphatic carbocycles. The molecule has 1 amide bonds. The lowest BCUT2D eigenvalue weighted by Crippen LogP contribution is -2.32. The van der Waals surface area contributed by atoms with Gasteiger partial charge in [-0.3, -0.25) is 9.59 Å². The summed E-state index contributed by atoms with van der Waals surface area (Å²) in [5, 5.41) is 0.445. The predicted molar refractivity (Wildman–Crippen MR) is 125 cm³/mol. The molecule has 4 aromatic rings. The van der Waals surface area contributed by atoms with Crippen molar-refractivity contribution in [3.8, 4) is 11.5 Å². The third-order valence-corrected chi connectivity index (χ3v) is 6.09. The third kappa shape index (κ3) is 3.53. The van der Waals surface area contributed by atoms with Crippen molar-refractivity contribution in [1.29, 1.82) is 0 Å². The second-order valence-corrected chi connectivity index (χ2v) is 7.91. The lowest BCUT2D eigenvalue weighted by Gasteiger charge is -2.26. The van der Waals surface area contributed by atoms with E-state index in [9.17, 15) is 9.59 Å². The first-order valence-corrected chi connectivity index (χ1v) is 10.7. The van der Waals surface area contributed by atoms with Crippen LogP contribution in [0.1, 0.15) is 33.3 Å². The number of benzene rings is 3. The molecular formula is C27H23NO5. The highest BCUT2D eigenvalue weighted by Crippen LogP contribution is 2.42. The van der Waals surface area contributed by atoms with Crippen molar-refractivity contribution in [2.24, 2.45) is 0 Å². The normalized spacial score (nSPS) is 15.0. The molecule has 0 spiro atoms. The Morgan fingerprint density at radius 2 is 1.67 bits per heavy atom. The van der Waals surface area contributed by atoms with Gasteiger partial charge in [0.2, 0.25) is 5.76 Å². The van der Waals surface area contributed by atoms with E-state index in [1.165, 1.54) is 0 Å². The van der Waals surface area contributed by atoms with E-state index in [-0.39, 0.29) is 17.1 Å². The van der Waals surface area contributed by atoms with E-state index in [4.69, 9.17) is 13.9 Å². The first kappa shape index (κ1) is 20.8. The lowest BCUT2D eigenvalue weighted by molar-refractivity contribution is 0.0728. The van der Waals surface area contributed by atoms with Gasteiger partial charge in [-0.05, 0) is 42.3 Å². The van der Waals surface area contributed by atoms with Crippen LogP contribution in [0.5, 0.6) is 11.5 Å². The van der Waals surface area contributed by atoms with Gasteiger partial charge < -0.3 is 18.8 Å². The van der Waals surface area contributed by atoms with Crippen molar-refractivity contribution in [1.82, 2.24) is 4.90 Å². The molecule has 1 unspecified atom stereocenters. The van der Waals surface area contributed by atoms with Crippen LogP contribution in [0.3, 0.4) is 0 Å². The van der Waals surface area contributed by atoms with Crippen molar-refractivity contribution in [2.75, 3.05) is 20.8 Å². The van der Waals surface area contributed by atoms with Gasteiger partial charge >= 0.3 is 0 Å². The number of methoxy groups -OCH3 is 2. The standard InChI is InChI=1S/C27H23NO5/c1-31-18-12-13-21(32-2)20(16-18)24-23-25(29)19-10-6-7-11-22(19)33-26(23)27(30)28(24)15-14-17-8-4-3-5-9-17/h3-13,16,24H,14-15H2,1-2H3. The molecular weight excluding hydrogens is 418 g/mol. The van der Waals surface area contributed by atoms with Crippen molar-refractivity contribution in [3.63, 3.8) is 0 Å². The molecule has 3 aromatic carbocycles. The largest absolute Gasteiger partial charge is 0.497 e. The second-order valence-electron chi connectivity index (χ2n) is 7.91. The van der Waals surface area contributed by atoms with Crippen molar-refractivity contribution >= 4 is 16.9 Å². The van der Waals surface area contributed by atoms with Gasteiger partial charge in [-0.1, -0.05) is 42.5 Å². The minimum atomic E-state index is -0.651. The van der Waals surface area contributed by atoms with Crippen LogP contribution in [0.25, 0.3) is 11.0 Å². The summed E-state index contributed by atoms with van der Waals surface area (Å²) < 4.78 is 17.1. The zero-order valence-corrected chi connectivity index (χ0v) is 18.4. The van der Waals surface area contributed by atoms with Gasteiger partial charge in [-0.2, -0.15) is 0 Å². The Balaban J connectivity index is 1.70. The first-order valence-electron chi connectivity index (χ1n) is 10.7. The number of amides is 1. The zero-order chi connectivity index (χ0) is 22.9. The Hall–Kier alpha value is -4.06. The maximum absolute atomic E-state index is 13.6. The Labute approximate surface area is 191 Å². The molecule has 0 bridgehead atoms. The summed E-state index contributed by atoms with van der Waals surface area (Å²) in [6.45, 7) is 0.411. The van der Waals surface area contributed by atoms with Crippen LogP contribution in [-0.2, 0) is 6.42 Å². The number of nitrogens with zero attached hydrogens (tertiary/aromatic N) is 1. The SMILES string of the molecule is COc1ccc(OC)c(C2c3c(oc4ccccc4c3=O)C(=O)N2CCc2ccccc2)c1. The van der Waals surface area contributed by atoms with E-state index >= 15 is 0 Å². The quantitative estimate of drug-likeness (QED) is 0.438. The molecule has 0 saturated heterocycles. The molecule has 166 valence electrons. The van der Waals surface area contributed by atoms with E-state index in [2.05, 4.69) is 0 Å². The van der Waals surface area contributed by atoms with E-state index in [0.29, 0.717) is 46.6 Å². The molecule has 33 heavy (non-hydrogen) atoms. The molecule has 6 nitrogen and oxygen atoms in total. The molecule has 1 atom stereocenters. The van der Waals surface area contributed by atoms with E-state index < -0.39 is 6.04 Å². The average Bonchev–Trinajstić information content (AvgIpc) is 3.14. The van der Waals surface area contributed by atoms with Crippen molar-refractivity contribution in [3.05, 3.63) is 105 Å². The third-order valence-electron chi connectivity index (χ3n) is 6.09. The second kappa shape index (κ2) is 8.47. The number of hydrogen-bond donors (Lipinski definition) is 0. The van der Waals surface area contributed by atoms with Crippen LogP contribution < -0.4 is 14.9 Å². The van der Waals surface area contributed by atoms with Crippen LogP contribution in [0, 0.1) is 0 Å². The fraction of sp³-hybridized carbons (Fsp3) is 0.185. The summed E-state index contributed by atoms with van der Waals surface area (Å²) in [5.74, 6) is 0.957. The first-order chi connectivity index (χ1) is 16.1. The zero-order valence-electron chi connectivity index (χ0n) is 18.4. The molecule has 1 aliphatic rings. The number of ether oxygens (including phenoxy) is 2. The number of para-hydroxylation sites is 1. The van der Waals surface area contributed by atoms with Gasteiger partial charge in [0.05, 0.1) is 31.2 Å². The summed E-state index contributed by atoms with van der Waals surface area (Å²) in [7, 11) is 3.15. The van der Waals surface area contributed by atoms with Crippen LogP contribution in [0.2, 0.25) is 0 Å². The van der Waals surface area contributed by atoms with E-state index in [0.717, 1.165) is 5.56 Å². The fourth-order valence-electron chi connectivity index (χ4n) is 4.47. The van der Waals surface area contributed by atoms with Crippen LogP contribution in [0.4, 0.5) is 0 Å². The highest BCUT2D eigenvalue weighted by molar-refractivity contribution is 5.99. The average molecular weight is 441 g/mol. The lowest BCUT2D eigenvalue weighted by atomic mass is 9.97. The maximum Gasteiger partial charge on any atom is 0.290 e. The summed E-state index contributed by atoms with van der Waals surface area (Å²) >= 11 is 0. The van der Waals surface area contributed by atoms with Crippen molar-refractivity contribution < 1.29 is 18.7 Å². The highest BCUT2D eigenvalue weighted by atomic mass is 16.5. The van der Waals surface area contributed by atoms with Crippen LogP contribution >= 0.6 is 0 Å². The van der Waals surface area contributed by atoms with Gasteiger partial charge in [0.1, 0.15) is 17.1 Å². The Bertz CT molecular complexity index is 1390. The summed E-state index contributed by atoms with van der Waals surface area (Å²) in [6.07, 6.45) is 0.636. The molecule has 0 N–H and O–H groups in total. The van der Waals surface area contributed by atoms with Crippen LogP contribution in [-0.4, -0.2) is 31.6 Å². The topological polar surface area (TPSA) is 69.0 Å². The van der Waals surface area contributed by atoms with Crippen LogP contribution in [0.15, 0.2) is 82.0 Å². The molecule has 0 fully saturated rings. The molecule has 6 heteroatoms. The number of carbonyl (C=O) groups excluding carboxylic acids is 1. The minimum Gasteiger partial charge on any atom is -0.497 e. The maximum atomic E-state index is 13.6. The van der Waals surface area contributed by atoms with Crippen molar-refractivity contribution in [2.45, 2.75) is 12.5 Å². The Morgan fingerprint density at radius 3 is 2.42 bits per heavy atom. The molecule has 2 heterocycles. The smallest absolute Gasteiger partial charge is 0.290 e. The van der Waals surface area contributed by atoms with Gasteiger partial charge in [0.25, 0.3) is 5.91 Å². The molecule has 0 radical (unpaired) electrons. The Morgan fingerprint density at radius 1 is 0.909 bits per heavy atom. The number of carbonyl (C=O) groups is 1. The fourth-order valence-corrected chi connectivity index (χ4v) is 4.47. The predicted octanol–water partition coefficient (Wildman–Crippen LogP) is 4.60. The number of hydrogen-bond acceptors (Lipinski definition) is 5. The molecule has 1 aromatic heterocycles. The van der Waals surface area contributed by atoms with Gasteiger partial charge in [-0.25, -0.2) is 0 Å². The van der Waals surface area contributed by atoms with Gasteiger partial charge in [-0.15, -0.1) is 0 Å². The number of fused-ring (bicyclic) bond motifs is 2. The van der Waals surface area contributed by atoms with E-state index in [1.54, 1.807) is 55.5 Å². The summed E-state index contributed by atoms with van der Waals surface area (Å²) in [5.41, 5.74) is 2.30. The molecule has 5 rings (SSSR count).